The molecule has 3 nitrogen and oxygen atoms in total. The van der Waals surface area contributed by atoms with Crippen molar-refractivity contribution in [3.63, 3.8) is 0 Å². The zero-order valence-electron chi connectivity index (χ0n) is 11.6. The van der Waals surface area contributed by atoms with E-state index in [0.717, 1.165) is 18.5 Å². The van der Waals surface area contributed by atoms with Crippen molar-refractivity contribution >= 4 is 28.3 Å². The van der Waals surface area contributed by atoms with Crippen molar-refractivity contribution in [1.29, 1.82) is 0 Å². The molecule has 3 aromatic rings. The van der Waals surface area contributed by atoms with Gasteiger partial charge in [-0.3, -0.25) is 5.10 Å². The van der Waals surface area contributed by atoms with Crippen LogP contribution in [-0.2, 0) is 0 Å². The van der Waals surface area contributed by atoms with E-state index in [1.165, 1.54) is 0 Å². The van der Waals surface area contributed by atoms with Gasteiger partial charge in [0.2, 0.25) is 0 Å². The van der Waals surface area contributed by atoms with E-state index in [4.69, 9.17) is 11.6 Å². The fraction of sp³-hybridized carbons (Fsp3) is 0.188. The zero-order chi connectivity index (χ0) is 14.8. The summed E-state index contributed by atoms with van der Waals surface area (Å²) >= 11 is 6.18. The molecule has 0 fully saturated rings. The van der Waals surface area contributed by atoms with E-state index in [0.29, 0.717) is 22.3 Å². The SMILES string of the molecule is CCCNc1n[nH]c2c(F)c(Cl)c(-c3ccccc3)cc12. The Labute approximate surface area is 127 Å². The van der Waals surface area contributed by atoms with Gasteiger partial charge in [-0.25, -0.2) is 4.39 Å². The Balaban J connectivity index is 2.19. The third-order valence-corrected chi connectivity index (χ3v) is 3.74. The second kappa shape index (κ2) is 5.74. The second-order valence-electron chi connectivity index (χ2n) is 4.84. The number of aromatic amines is 1. The molecule has 0 unspecified atom stereocenters. The first-order valence-corrected chi connectivity index (χ1v) is 7.25. The summed E-state index contributed by atoms with van der Waals surface area (Å²) in [7, 11) is 0. The van der Waals surface area contributed by atoms with E-state index in [2.05, 4.69) is 22.4 Å². The van der Waals surface area contributed by atoms with Crippen molar-refractivity contribution in [3.8, 4) is 11.1 Å². The average molecular weight is 304 g/mol. The fourth-order valence-electron chi connectivity index (χ4n) is 2.30. The predicted molar refractivity (Wildman–Crippen MR) is 85.3 cm³/mol. The van der Waals surface area contributed by atoms with E-state index in [1.807, 2.05) is 36.4 Å². The summed E-state index contributed by atoms with van der Waals surface area (Å²) < 4.78 is 14.4. The van der Waals surface area contributed by atoms with Gasteiger partial charge in [0, 0.05) is 17.5 Å². The van der Waals surface area contributed by atoms with Crippen LogP contribution in [-0.4, -0.2) is 16.7 Å². The molecule has 108 valence electrons. The van der Waals surface area contributed by atoms with Crippen LogP contribution in [0.5, 0.6) is 0 Å². The lowest BCUT2D eigenvalue weighted by Crippen LogP contribution is -2.00. The maximum Gasteiger partial charge on any atom is 0.168 e. The molecule has 0 aliphatic rings. The molecule has 0 saturated carbocycles. The van der Waals surface area contributed by atoms with Crippen LogP contribution >= 0.6 is 11.6 Å². The Kier molecular flexibility index (Phi) is 3.80. The normalized spacial score (nSPS) is 11.0. The van der Waals surface area contributed by atoms with Gasteiger partial charge in [0.15, 0.2) is 11.6 Å². The van der Waals surface area contributed by atoms with Crippen LogP contribution < -0.4 is 5.32 Å². The highest BCUT2D eigenvalue weighted by atomic mass is 35.5. The summed E-state index contributed by atoms with van der Waals surface area (Å²) in [5.74, 6) is 0.185. The number of H-pyrrole nitrogens is 1. The van der Waals surface area contributed by atoms with Crippen LogP contribution in [0.1, 0.15) is 13.3 Å². The molecular formula is C16H15ClFN3. The minimum absolute atomic E-state index is 0.111. The molecule has 0 atom stereocenters. The number of halogens is 2. The molecule has 1 heterocycles. The summed E-state index contributed by atoms with van der Waals surface area (Å²) in [4.78, 5) is 0. The lowest BCUT2D eigenvalue weighted by Gasteiger charge is -2.07. The van der Waals surface area contributed by atoms with Gasteiger partial charge in [0.1, 0.15) is 5.52 Å². The number of fused-ring (bicyclic) bond motifs is 1. The van der Waals surface area contributed by atoms with Crippen molar-refractivity contribution in [2.24, 2.45) is 0 Å². The number of nitrogens with one attached hydrogen (secondary N) is 2. The van der Waals surface area contributed by atoms with Gasteiger partial charge in [-0.2, -0.15) is 5.10 Å². The fourth-order valence-corrected chi connectivity index (χ4v) is 2.56. The number of rotatable bonds is 4. The van der Waals surface area contributed by atoms with Gasteiger partial charge in [-0.15, -0.1) is 0 Å². The monoisotopic (exact) mass is 303 g/mol. The molecule has 5 heteroatoms. The average Bonchev–Trinajstić information content (AvgIpc) is 2.92. The molecule has 0 radical (unpaired) electrons. The van der Waals surface area contributed by atoms with Crippen molar-refractivity contribution in [3.05, 3.63) is 47.2 Å². The summed E-state index contributed by atoms with van der Waals surface area (Å²) in [6.07, 6.45) is 0.968. The molecule has 0 saturated heterocycles. The summed E-state index contributed by atoms with van der Waals surface area (Å²) in [5, 5.41) is 10.9. The maximum atomic E-state index is 14.4. The molecule has 21 heavy (non-hydrogen) atoms. The van der Waals surface area contributed by atoms with E-state index in [1.54, 1.807) is 0 Å². The number of hydrogen-bond acceptors (Lipinski definition) is 2. The smallest absolute Gasteiger partial charge is 0.168 e. The Morgan fingerprint density at radius 2 is 2.05 bits per heavy atom. The van der Waals surface area contributed by atoms with E-state index >= 15 is 0 Å². The Bertz CT molecular complexity index is 768. The first kappa shape index (κ1) is 13.9. The number of anilines is 1. The van der Waals surface area contributed by atoms with Gasteiger partial charge in [0.25, 0.3) is 0 Å². The molecule has 0 bridgehead atoms. The number of aromatic nitrogens is 2. The molecule has 2 N–H and O–H groups in total. The van der Waals surface area contributed by atoms with E-state index in [9.17, 15) is 4.39 Å². The largest absolute Gasteiger partial charge is 0.368 e. The van der Waals surface area contributed by atoms with Crippen molar-refractivity contribution < 1.29 is 4.39 Å². The first-order valence-electron chi connectivity index (χ1n) is 6.87. The highest BCUT2D eigenvalue weighted by Crippen LogP contribution is 2.36. The van der Waals surface area contributed by atoms with Gasteiger partial charge < -0.3 is 5.32 Å². The van der Waals surface area contributed by atoms with Gasteiger partial charge in [0.05, 0.1) is 5.02 Å². The van der Waals surface area contributed by atoms with Gasteiger partial charge >= 0.3 is 0 Å². The maximum absolute atomic E-state index is 14.4. The summed E-state index contributed by atoms with van der Waals surface area (Å²) in [6, 6.07) is 11.4. The van der Waals surface area contributed by atoms with Gasteiger partial charge in [-0.1, -0.05) is 48.9 Å². The van der Waals surface area contributed by atoms with Crippen LogP contribution in [0.3, 0.4) is 0 Å². The van der Waals surface area contributed by atoms with Crippen LogP contribution in [0.25, 0.3) is 22.0 Å². The Morgan fingerprint density at radius 3 is 2.76 bits per heavy atom. The number of hydrogen-bond donors (Lipinski definition) is 2. The molecule has 3 rings (SSSR count). The summed E-state index contributed by atoms with van der Waals surface area (Å²) in [5.41, 5.74) is 1.88. The molecular weight excluding hydrogens is 289 g/mol. The van der Waals surface area contributed by atoms with Gasteiger partial charge in [-0.05, 0) is 18.1 Å². The highest BCUT2D eigenvalue weighted by Gasteiger charge is 2.17. The Hall–Kier alpha value is -2.07. The van der Waals surface area contributed by atoms with Crippen molar-refractivity contribution in [2.75, 3.05) is 11.9 Å². The molecule has 1 aromatic heterocycles. The molecule has 2 aromatic carbocycles. The lowest BCUT2D eigenvalue weighted by molar-refractivity contribution is 0.637. The number of benzene rings is 2. The standard InChI is InChI=1S/C16H15ClFN3/c1-2-8-19-16-12-9-11(10-6-4-3-5-7-10)13(17)14(18)15(12)20-21-16/h3-7,9H,2,8H2,1H3,(H2,19,20,21). The van der Waals surface area contributed by atoms with Crippen molar-refractivity contribution in [1.82, 2.24) is 10.2 Å². The van der Waals surface area contributed by atoms with E-state index < -0.39 is 5.82 Å². The molecule has 0 aliphatic heterocycles. The van der Waals surface area contributed by atoms with E-state index in [-0.39, 0.29) is 5.02 Å². The summed E-state index contributed by atoms with van der Waals surface area (Å²) in [6.45, 7) is 2.85. The first-order chi connectivity index (χ1) is 10.2. The lowest BCUT2D eigenvalue weighted by atomic mass is 10.0. The molecule has 0 spiro atoms. The predicted octanol–water partition coefficient (Wildman–Crippen LogP) is 4.84. The molecule has 0 amide bonds. The van der Waals surface area contributed by atoms with Crippen LogP contribution in [0.2, 0.25) is 5.02 Å². The third-order valence-electron chi connectivity index (χ3n) is 3.37. The number of nitrogens with zero attached hydrogens (tertiary/aromatic N) is 1. The Morgan fingerprint density at radius 1 is 1.29 bits per heavy atom. The quantitative estimate of drug-likeness (QED) is 0.723. The van der Waals surface area contributed by atoms with Crippen LogP contribution in [0.15, 0.2) is 36.4 Å². The second-order valence-corrected chi connectivity index (χ2v) is 5.22. The van der Waals surface area contributed by atoms with Crippen molar-refractivity contribution in [2.45, 2.75) is 13.3 Å². The van der Waals surface area contributed by atoms with Crippen LogP contribution in [0, 0.1) is 5.82 Å². The molecule has 0 aliphatic carbocycles. The highest BCUT2D eigenvalue weighted by molar-refractivity contribution is 6.34. The minimum Gasteiger partial charge on any atom is -0.368 e. The topological polar surface area (TPSA) is 40.7 Å². The van der Waals surface area contributed by atoms with Crippen LogP contribution in [0.4, 0.5) is 10.2 Å². The zero-order valence-corrected chi connectivity index (χ0v) is 12.3. The minimum atomic E-state index is -0.468. The third kappa shape index (κ3) is 2.47.